The van der Waals surface area contributed by atoms with Crippen LogP contribution in [0.5, 0.6) is 0 Å². The third-order valence-electron chi connectivity index (χ3n) is 2.62. The van der Waals surface area contributed by atoms with E-state index < -0.39 is 0 Å². The molecule has 0 radical (unpaired) electrons. The van der Waals surface area contributed by atoms with E-state index in [1.807, 2.05) is 11.8 Å². The second kappa shape index (κ2) is 7.53. The van der Waals surface area contributed by atoms with E-state index in [9.17, 15) is 0 Å². The van der Waals surface area contributed by atoms with Gasteiger partial charge in [-0.15, -0.1) is 0 Å². The molecule has 1 N–H and O–H groups in total. The maximum atomic E-state index is 3.53. The Morgan fingerprint density at radius 2 is 1.93 bits per heavy atom. The summed E-state index contributed by atoms with van der Waals surface area (Å²) < 4.78 is 0. The zero-order valence-electron chi connectivity index (χ0n) is 11.3. The van der Waals surface area contributed by atoms with Crippen LogP contribution in [0, 0.1) is 0 Å². The zero-order valence-corrected chi connectivity index (χ0v) is 12.1. The number of rotatable bonds is 7. The molecule has 0 spiro atoms. The molecule has 0 saturated heterocycles. The molecule has 0 saturated carbocycles. The van der Waals surface area contributed by atoms with Crippen LogP contribution in [-0.2, 0) is 0 Å². The van der Waals surface area contributed by atoms with Crippen molar-refractivity contribution in [1.29, 1.82) is 0 Å². The SMILES string of the molecule is CSCCN(C)C(C)CCNC(C)(C)C. The Hall–Kier alpha value is 0.270. The fraction of sp³-hybridized carbons (Fsp3) is 1.00. The lowest BCUT2D eigenvalue weighted by Gasteiger charge is -2.27. The van der Waals surface area contributed by atoms with Gasteiger partial charge in [-0.2, -0.15) is 11.8 Å². The third kappa shape index (κ3) is 9.21. The van der Waals surface area contributed by atoms with Gasteiger partial charge in [0.15, 0.2) is 0 Å². The lowest BCUT2D eigenvalue weighted by atomic mass is 10.1. The van der Waals surface area contributed by atoms with Crippen LogP contribution < -0.4 is 5.32 Å². The van der Waals surface area contributed by atoms with Gasteiger partial charge in [0, 0.05) is 23.9 Å². The highest BCUT2D eigenvalue weighted by Gasteiger charge is 2.11. The topological polar surface area (TPSA) is 15.3 Å². The predicted molar refractivity (Wildman–Crippen MR) is 72.8 cm³/mol. The summed E-state index contributed by atoms with van der Waals surface area (Å²) in [5.41, 5.74) is 0.248. The monoisotopic (exact) mass is 232 g/mol. The molecule has 1 unspecified atom stereocenters. The highest BCUT2D eigenvalue weighted by molar-refractivity contribution is 7.98. The molecule has 1 atom stereocenters. The van der Waals surface area contributed by atoms with Crippen molar-refractivity contribution >= 4 is 11.8 Å². The quantitative estimate of drug-likeness (QED) is 0.726. The molecule has 2 nitrogen and oxygen atoms in total. The number of hydrogen-bond acceptors (Lipinski definition) is 3. The van der Waals surface area contributed by atoms with Crippen molar-refractivity contribution in [2.24, 2.45) is 0 Å². The molecule has 92 valence electrons. The Bertz CT molecular complexity index is 154. The van der Waals surface area contributed by atoms with E-state index in [-0.39, 0.29) is 5.54 Å². The molecule has 15 heavy (non-hydrogen) atoms. The maximum Gasteiger partial charge on any atom is 0.00965 e. The maximum absolute atomic E-state index is 3.53. The fourth-order valence-corrected chi connectivity index (χ4v) is 1.80. The number of nitrogens with zero attached hydrogens (tertiary/aromatic N) is 1. The van der Waals surface area contributed by atoms with Crippen molar-refractivity contribution in [3.05, 3.63) is 0 Å². The third-order valence-corrected chi connectivity index (χ3v) is 3.21. The largest absolute Gasteiger partial charge is 0.312 e. The summed E-state index contributed by atoms with van der Waals surface area (Å²) in [5.74, 6) is 1.23. The lowest BCUT2D eigenvalue weighted by Crippen LogP contribution is -2.40. The molecule has 0 amide bonds. The van der Waals surface area contributed by atoms with Gasteiger partial charge in [0.2, 0.25) is 0 Å². The molecule has 0 fully saturated rings. The van der Waals surface area contributed by atoms with E-state index in [1.165, 1.54) is 18.7 Å². The van der Waals surface area contributed by atoms with Crippen LogP contribution >= 0.6 is 11.8 Å². The first-order valence-corrected chi connectivity index (χ1v) is 7.20. The normalized spacial score (nSPS) is 14.6. The van der Waals surface area contributed by atoms with Gasteiger partial charge in [-0.1, -0.05) is 0 Å². The number of hydrogen-bond donors (Lipinski definition) is 1. The average Bonchev–Trinajstić information content (AvgIpc) is 2.11. The van der Waals surface area contributed by atoms with Crippen LogP contribution in [0.25, 0.3) is 0 Å². The molecule has 0 aromatic rings. The van der Waals surface area contributed by atoms with Crippen LogP contribution in [0.2, 0.25) is 0 Å². The van der Waals surface area contributed by atoms with Gasteiger partial charge in [0.25, 0.3) is 0 Å². The lowest BCUT2D eigenvalue weighted by molar-refractivity contribution is 0.252. The molecule has 0 aliphatic rings. The summed E-state index contributed by atoms with van der Waals surface area (Å²) in [6.45, 7) is 11.3. The molecule has 0 aromatic heterocycles. The Labute approximate surface area is 100 Å². The molecule has 0 rings (SSSR count). The van der Waals surface area contributed by atoms with E-state index in [0.717, 1.165) is 6.54 Å². The Morgan fingerprint density at radius 1 is 1.33 bits per heavy atom. The summed E-state index contributed by atoms with van der Waals surface area (Å²) in [6, 6.07) is 0.673. The summed E-state index contributed by atoms with van der Waals surface area (Å²) in [7, 11) is 2.22. The number of nitrogens with one attached hydrogen (secondary N) is 1. The van der Waals surface area contributed by atoms with Gasteiger partial charge in [-0.05, 0) is 54.0 Å². The Morgan fingerprint density at radius 3 is 2.40 bits per heavy atom. The van der Waals surface area contributed by atoms with Crippen molar-refractivity contribution in [2.45, 2.75) is 45.7 Å². The van der Waals surface area contributed by atoms with E-state index in [2.05, 4.69) is 51.2 Å². The predicted octanol–water partition coefficient (Wildman–Crippen LogP) is 2.45. The van der Waals surface area contributed by atoms with E-state index >= 15 is 0 Å². The minimum atomic E-state index is 0.248. The van der Waals surface area contributed by atoms with Gasteiger partial charge in [-0.3, -0.25) is 0 Å². The Balaban J connectivity index is 3.59. The van der Waals surface area contributed by atoms with Gasteiger partial charge >= 0.3 is 0 Å². The van der Waals surface area contributed by atoms with Gasteiger partial charge in [0.05, 0.1) is 0 Å². The standard InChI is InChI=1S/C12H28N2S/c1-11(14(5)9-10-15-6)7-8-13-12(2,3)4/h11,13H,7-10H2,1-6H3. The minimum absolute atomic E-state index is 0.248. The van der Waals surface area contributed by atoms with Crippen molar-refractivity contribution < 1.29 is 0 Å². The average molecular weight is 232 g/mol. The number of thioether (sulfide) groups is 1. The molecule has 0 aromatic carbocycles. The van der Waals surface area contributed by atoms with Crippen molar-refractivity contribution in [3.63, 3.8) is 0 Å². The molecule has 0 aliphatic carbocycles. The van der Waals surface area contributed by atoms with Crippen LogP contribution in [0.1, 0.15) is 34.1 Å². The first-order chi connectivity index (χ1) is 6.87. The summed E-state index contributed by atoms with van der Waals surface area (Å²) >= 11 is 1.92. The fourth-order valence-electron chi connectivity index (χ4n) is 1.33. The van der Waals surface area contributed by atoms with Crippen LogP contribution in [-0.4, -0.2) is 48.6 Å². The van der Waals surface area contributed by atoms with Gasteiger partial charge in [0.1, 0.15) is 0 Å². The zero-order chi connectivity index (χ0) is 11.9. The second-order valence-corrected chi connectivity index (χ2v) is 6.27. The second-order valence-electron chi connectivity index (χ2n) is 5.29. The van der Waals surface area contributed by atoms with Crippen LogP contribution in [0.3, 0.4) is 0 Å². The minimum Gasteiger partial charge on any atom is -0.312 e. The van der Waals surface area contributed by atoms with E-state index in [0.29, 0.717) is 6.04 Å². The van der Waals surface area contributed by atoms with Crippen molar-refractivity contribution in [1.82, 2.24) is 10.2 Å². The highest BCUT2D eigenvalue weighted by Crippen LogP contribution is 2.04. The van der Waals surface area contributed by atoms with Crippen molar-refractivity contribution in [3.8, 4) is 0 Å². The highest BCUT2D eigenvalue weighted by atomic mass is 32.2. The first kappa shape index (κ1) is 15.3. The molecule has 3 heteroatoms. The summed E-state index contributed by atoms with van der Waals surface area (Å²) in [4.78, 5) is 2.45. The molecule has 0 bridgehead atoms. The van der Waals surface area contributed by atoms with Gasteiger partial charge < -0.3 is 10.2 Å². The van der Waals surface area contributed by atoms with E-state index in [4.69, 9.17) is 0 Å². The van der Waals surface area contributed by atoms with Crippen LogP contribution in [0.4, 0.5) is 0 Å². The molecule has 0 heterocycles. The van der Waals surface area contributed by atoms with E-state index in [1.54, 1.807) is 0 Å². The Kier molecular flexibility index (Phi) is 7.66. The summed E-state index contributed by atoms with van der Waals surface area (Å²) in [6.07, 6.45) is 3.39. The molecular weight excluding hydrogens is 204 g/mol. The van der Waals surface area contributed by atoms with Gasteiger partial charge in [-0.25, -0.2) is 0 Å². The smallest absolute Gasteiger partial charge is 0.00965 e. The van der Waals surface area contributed by atoms with Crippen LogP contribution in [0.15, 0.2) is 0 Å². The first-order valence-electron chi connectivity index (χ1n) is 5.81. The van der Waals surface area contributed by atoms with Crippen molar-refractivity contribution in [2.75, 3.05) is 32.1 Å². The molecule has 0 aliphatic heterocycles. The summed E-state index contributed by atoms with van der Waals surface area (Å²) in [5, 5.41) is 3.53. The molecular formula is C12H28N2S.